The number of imidazole rings is 1. The average molecular weight is 416 g/mol. The summed E-state index contributed by atoms with van der Waals surface area (Å²) in [5, 5.41) is 3.66. The van der Waals surface area contributed by atoms with Crippen LogP contribution in [-0.2, 0) is 17.8 Å². The Labute approximate surface area is 180 Å². The third-order valence-electron chi connectivity index (χ3n) is 4.84. The van der Waals surface area contributed by atoms with E-state index in [-0.39, 0.29) is 5.91 Å². The van der Waals surface area contributed by atoms with Crippen LogP contribution in [0.15, 0.2) is 84.9 Å². The van der Waals surface area contributed by atoms with Gasteiger partial charge >= 0.3 is 0 Å². The molecule has 5 heteroatoms. The number of nitrogens with one attached hydrogen (secondary N) is 1. The number of amides is 1. The van der Waals surface area contributed by atoms with Gasteiger partial charge in [0.05, 0.1) is 11.0 Å². The number of para-hydroxylation sites is 2. The van der Waals surface area contributed by atoms with E-state index in [2.05, 4.69) is 22.0 Å². The molecular weight excluding hydrogens is 394 g/mol. The lowest BCUT2D eigenvalue weighted by atomic mass is 10.2. The molecule has 0 radical (unpaired) electrons. The summed E-state index contributed by atoms with van der Waals surface area (Å²) in [6.07, 6.45) is 4.01. The van der Waals surface area contributed by atoms with E-state index in [1.54, 1.807) is 6.08 Å². The molecule has 0 saturated heterocycles. The summed E-state index contributed by atoms with van der Waals surface area (Å²) in [5.74, 6) is 0.819. The number of carbonyl (C=O) groups is 1. The third kappa shape index (κ3) is 4.97. The quantitative estimate of drug-likeness (QED) is 0.426. The normalized spacial score (nSPS) is 11.2. The second kappa shape index (κ2) is 9.42. The summed E-state index contributed by atoms with van der Waals surface area (Å²) in [5.41, 5.74) is 4.13. The van der Waals surface area contributed by atoms with Crippen LogP contribution in [-0.4, -0.2) is 22.0 Å². The minimum atomic E-state index is -0.114. The molecule has 0 bridgehead atoms. The fourth-order valence-electron chi connectivity index (χ4n) is 3.40. The van der Waals surface area contributed by atoms with Crippen LogP contribution >= 0.6 is 11.6 Å². The van der Waals surface area contributed by atoms with E-state index < -0.39 is 0 Å². The summed E-state index contributed by atoms with van der Waals surface area (Å²) in [6.45, 7) is 1.19. The molecule has 0 unspecified atom stereocenters. The molecule has 0 aliphatic heterocycles. The zero-order chi connectivity index (χ0) is 20.8. The van der Waals surface area contributed by atoms with Crippen LogP contribution in [0.4, 0.5) is 0 Å². The van der Waals surface area contributed by atoms with Crippen molar-refractivity contribution in [3.8, 4) is 0 Å². The van der Waals surface area contributed by atoms with Crippen molar-refractivity contribution in [1.82, 2.24) is 14.9 Å². The van der Waals surface area contributed by atoms with Crippen LogP contribution in [0.2, 0.25) is 5.02 Å². The van der Waals surface area contributed by atoms with E-state index in [4.69, 9.17) is 16.6 Å². The number of aromatic nitrogens is 2. The highest BCUT2D eigenvalue weighted by Gasteiger charge is 2.11. The number of fused-ring (bicyclic) bond motifs is 1. The molecule has 150 valence electrons. The molecule has 0 spiro atoms. The number of hydrogen-bond acceptors (Lipinski definition) is 2. The third-order valence-corrected chi connectivity index (χ3v) is 5.07. The SMILES string of the molecule is O=C(/C=C/c1ccccc1)NCCc1nc2ccccc2n1Cc1cccc(Cl)c1. The van der Waals surface area contributed by atoms with E-state index >= 15 is 0 Å². The molecule has 0 saturated carbocycles. The molecule has 30 heavy (non-hydrogen) atoms. The molecule has 4 aromatic rings. The highest BCUT2D eigenvalue weighted by molar-refractivity contribution is 6.30. The summed E-state index contributed by atoms with van der Waals surface area (Å²) in [7, 11) is 0. The first-order valence-corrected chi connectivity index (χ1v) is 10.3. The molecule has 3 aromatic carbocycles. The molecule has 0 atom stereocenters. The number of halogens is 1. The summed E-state index contributed by atoms with van der Waals surface area (Å²) in [4.78, 5) is 16.9. The van der Waals surface area contributed by atoms with Gasteiger partial charge in [-0.15, -0.1) is 0 Å². The first kappa shape index (κ1) is 19.9. The molecule has 4 rings (SSSR count). The fraction of sp³-hybridized carbons (Fsp3) is 0.120. The van der Waals surface area contributed by atoms with E-state index in [1.807, 2.05) is 72.8 Å². The molecule has 1 N–H and O–H groups in total. The lowest BCUT2D eigenvalue weighted by Gasteiger charge is -2.10. The van der Waals surface area contributed by atoms with Gasteiger partial charge in [0, 0.05) is 30.6 Å². The maximum absolute atomic E-state index is 12.2. The van der Waals surface area contributed by atoms with Crippen LogP contribution < -0.4 is 5.32 Å². The monoisotopic (exact) mass is 415 g/mol. The second-order valence-corrected chi connectivity index (χ2v) is 7.45. The van der Waals surface area contributed by atoms with E-state index in [0.717, 1.165) is 33.0 Å². The number of benzene rings is 3. The molecular formula is C25H22ClN3O. The molecule has 4 nitrogen and oxygen atoms in total. The van der Waals surface area contributed by atoms with Crippen molar-refractivity contribution in [2.75, 3.05) is 6.54 Å². The van der Waals surface area contributed by atoms with Gasteiger partial charge in [0.2, 0.25) is 5.91 Å². The predicted molar refractivity (Wildman–Crippen MR) is 122 cm³/mol. The van der Waals surface area contributed by atoms with E-state index in [1.165, 1.54) is 0 Å². The van der Waals surface area contributed by atoms with Gasteiger partial charge in [-0.3, -0.25) is 4.79 Å². The van der Waals surface area contributed by atoms with E-state index in [9.17, 15) is 4.79 Å². The molecule has 0 fully saturated rings. The Kier molecular flexibility index (Phi) is 6.26. The maximum Gasteiger partial charge on any atom is 0.244 e. The van der Waals surface area contributed by atoms with Crippen LogP contribution in [0.25, 0.3) is 17.1 Å². The summed E-state index contributed by atoms with van der Waals surface area (Å²) >= 11 is 6.16. The minimum Gasteiger partial charge on any atom is -0.352 e. The molecule has 1 heterocycles. The molecule has 0 aliphatic carbocycles. The standard InChI is InChI=1S/C25H22ClN3O/c26-21-10-6-9-20(17-21)18-29-23-12-5-4-11-22(23)28-24(29)15-16-27-25(30)14-13-19-7-2-1-3-8-19/h1-14,17H,15-16,18H2,(H,27,30)/b14-13+. The highest BCUT2D eigenvalue weighted by Crippen LogP contribution is 2.19. The van der Waals surface area contributed by atoms with Gasteiger partial charge in [0.15, 0.2) is 0 Å². The van der Waals surface area contributed by atoms with Crippen molar-refractivity contribution in [1.29, 1.82) is 0 Å². The van der Waals surface area contributed by atoms with E-state index in [0.29, 0.717) is 19.5 Å². The van der Waals surface area contributed by atoms with Crippen molar-refractivity contribution in [2.24, 2.45) is 0 Å². The lowest BCUT2D eigenvalue weighted by molar-refractivity contribution is -0.116. The van der Waals surface area contributed by atoms with Crippen LogP contribution in [0.1, 0.15) is 17.0 Å². The zero-order valence-electron chi connectivity index (χ0n) is 16.5. The second-order valence-electron chi connectivity index (χ2n) is 7.02. The van der Waals surface area contributed by atoms with Crippen molar-refractivity contribution in [2.45, 2.75) is 13.0 Å². The van der Waals surface area contributed by atoms with Gasteiger partial charge in [0.25, 0.3) is 0 Å². The Bertz CT molecular complexity index is 1180. The highest BCUT2D eigenvalue weighted by atomic mass is 35.5. The van der Waals surface area contributed by atoms with Crippen LogP contribution in [0, 0.1) is 0 Å². The first-order valence-electron chi connectivity index (χ1n) is 9.88. The number of hydrogen-bond donors (Lipinski definition) is 1. The van der Waals surface area contributed by atoms with Crippen molar-refractivity contribution < 1.29 is 4.79 Å². The first-order chi connectivity index (χ1) is 14.7. The van der Waals surface area contributed by atoms with Gasteiger partial charge < -0.3 is 9.88 Å². The number of carbonyl (C=O) groups excluding carboxylic acids is 1. The number of nitrogens with zero attached hydrogens (tertiary/aromatic N) is 2. The predicted octanol–water partition coefficient (Wildman–Crippen LogP) is 5.11. The van der Waals surface area contributed by atoms with Gasteiger partial charge in [-0.2, -0.15) is 0 Å². The molecule has 1 amide bonds. The Hall–Kier alpha value is -3.37. The minimum absolute atomic E-state index is 0.114. The van der Waals surface area contributed by atoms with Crippen molar-refractivity contribution in [3.63, 3.8) is 0 Å². The van der Waals surface area contributed by atoms with Gasteiger partial charge in [0.1, 0.15) is 5.82 Å². The average Bonchev–Trinajstić information content (AvgIpc) is 3.10. The number of rotatable bonds is 7. The van der Waals surface area contributed by atoms with Gasteiger partial charge in [-0.1, -0.05) is 66.2 Å². The Morgan fingerprint density at radius 1 is 1.00 bits per heavy atom. The molecule has 0 aliphatic rings. The Morgan fingerprint density at radius 2 is 1.80 bits per heavy atom. The maximum atomic E-state index is 12.2. The van der Waals surface area contributed by atoms with Crippen LogP contribution in [0.5, 0.6) is 0 Å². The van der Waals surface area contributed by atoms with Gasteiger partial charge in [-0.05, 0) is 41.5 Å². The smallest absolute Gasteiger partial charge is 0.244 e. The Morgan fingerprint density at radius 3 is 2.63 bits per heavy atom. The zero-order valence-corrected chi connectivity index (χ0v) is 17.2. The largest absolute Gasteiger partial charge is 0.352 e. The fourth-order valence-corrected chi connectivity index (χ4v) is 3.62. The topological polar surface area (TPSA) is 46.9 Å². The summed E-state index contributed by atoms with van der Waals surface area (Å²) in [6, 6.07) is 25.7. The Balaban J connectivity index is 1.46. The van der Waals surface area contributed by atoms with Crippen LogP contribution in [0.3, 0.4) is 0 Å². The van der Waals surface area contributed by atoms with Crippen molar-refractivity contribution >= 4 is 34.6 Å². The summed E-state index contributed by atoms with van der Waals surface area (Å²) < 4.78 is 2.19. The van der Waals surface area contributed by atoms with Crippen molar-refractivity contribution in [3.05, 3.63) is 107 Å². The lowest BCUT2D eigenvalue weighted by Crippen LogP contribution is -2.24. The molecule has 1 aromatic heterocycles. The van der Waals surface area contributed by atoms with Gasteiger partial charge in [-0.25, -0.2) is 4.98 Å².